The van der Waals surface area contributed by atoms with E-state index in [4.69, 9.17) is 0 Å². The molecule has 102 valence electrons. The van der Waals surface area contributed by atoms with Gasteiger partial charge in [-0.15, -0.1) is 0 Å². The third kappa shape index (κ3) is 4.33. The van der Waals surface area contributed by atoms with Crippen molar-refractivity contribution in [2.45, 2.75) is 18.7 Å². The van der Waals surface area contributed by atoms with Crippen molar-refractivity contribution in [1.82, 2.24) is 0 Å². The van der Waals surface area contributed by atoms with E-state index < -0.39 is 15.8 Å². The summed E-state index contributed by atoms with van der Waals surface area (Å²) in [4.78, 5) is 22.1. The molecule has 0 aliphatic rings. The largest absolute Gasteiger partial charge is 0.463 e. The van der Waals surface area contributed by atoms with Gasteiger partial charge in [-0.3, -0.25) is 4.79 Å². The van der Waals surface area contributed by atoms with Gasteiger partial charge in [0, 0.05) is 17.0 Å². The van der Waals surface area contributed by atoms with Gasteiger partial charge in [0.05, 0.1) is 11.5 Å². The Kier molecular flexibility index (Phi) is 5.00. The highest BCUT2D eigenvalue weighted by Crippen LogP contribution is 2.13. The molecule has 1 aromatic rings. The zero-order valence-electron chi connectivity index (χ0n) is 10.6. The number of ketones is 1. The summed E-state index contributed by atoms with van der Waals surface area (Å²) >= 11 is 0. The van der Waals surface area contributed by atoms with Gasteiger partial charge in [-0.2, -0.15) is 0 Å². The Bertz CT molecular complexity index is 596. The second-order valence-electron chi connectivity index (χ2n) is 3.68. The number of benzene rings is 1. The molecule has 0 aliphatic heterocycles. The predicted molar refractivity (Wildman–Crippen MR) is 69.4 cm³/mol. The lowest BCUT2D eigenvalue weighted by Crippen LogP contribution is -2.02. The average molecular weight is 282 g/mol. The standard InChI is InChI=1S/C13H14O5S/c1-3-18-13(15)8-9-19(16,17)12-6-4-11(5-7-12)10(2)14/h4-9H,3H2,1-2H3/b9-8-. The lowest BCUT2D eigenvalue weighted by Gasteiger charge is -2.00. The van der Waals surface area contributed by atoms with Crippen molar-refractivity contribution in [3.63, 3.8) is 0 Å². The predicted octanol–water partition coefficient (Wildman–Crippen LogP) is 1.74. The monoisotopic (exact) mass is 282 g/mol. The molecule has 6 heteroatoms. The Labute approximate surface area is 111 Å². The zero-order chi connectivity index (χ0) is 14.5. The molecule has 0 bridgehead atoms. The minimum atomic E-state index is -3.71. The van der Waals surface area contributed by atoms with Crippen LogP contribution in [0.5, 0.6) is 0 Å². The van der Waals surface area contributed by atoms with Crippen LogP contribution in [-0.2, 0) is 19.4 Å². The summed E-state index contributed by atoms with van der Waals surface area (Å²) in [5.41, 5.74) is 0.424. The third-order valence-electron chi connectivity index (χ3n) is 2.26. The number of hydrogen-bond donors (Lipinski definition) is 0. The first-order chi connectivity index (χ1) is 8.86. The van der Waals surface area contributed by atoms with Crippen molar-refractivity contribution in [1.29, 1.82) is 0 Å². The summed E-state index contributed by atoms with van der Waals surface area (Å²) in [6, 6.07) is 5.49. The lowest BCUT2D eigenvalue weighted by molar-refractivity contribution is -0.137. The fraction of sp³-hybridized carbons (Fsp3) is 0.231. The van der Waals surface area contributed by atoms with E-state index >= 15 is 0 Å². The topological polar surface area (TPSA) is 77.5 Å². The van der Waals surface area contributed by atoms with Crippen molar-refractivity contribution in [3.05, 3.63) is 41.3 Å². The number of esters is 1. The van der Waals surface area contributed by atoms with Gasteiger partial charge in [0.1, 0.15) is 0 Å². The van der Waals surface area contributed by atoms with Crippen molar-refractivity contribution >= 4 is 21.6 Å². The molecule has 0 heterocycles. The molecule has 0 fully saturated rings. The van der Waals surface area contributed by atoms with Crippen molar-refractivity contribution in [3.8, 4) is 0 Å². The summed E-state index contributed by atoms with van der Waals surface area (Å²) in [5, 5.41) is 0.785. The summed E-state index contributed by atoms with van der Waals surface area (Å²) in [5.74, 6) is -0.863. The van der Waals surface area contributed by atoms with Gasteiger partial charge in [0.15, 0.2) is 15.6 Å². The smallest absolute Gasteiger partial charge is 0.331 e. The summed E-state index contributed by atoms with van der Waals surface area (Å²) in [6.45, 7) is 3.20. The van der Waals surface area contributed by atoms with E-state index in [1.54, 1.807) is 6.92 Å². The molecule has 1 aromatic carbocycles. The first kappa shape index (κ1) is 15.1. The van der Waals surface area contributed by atoms with Crippen LogP contribution in [0.15, 0.2) is 40.6 Å². The number of hydrogen-bond acceptors (Lipinski definition) is 5. The normalized spacial score (nSPS) is 11.5. The molecular formula is C13H14O5S. The number of sulfone groups is 1. The molecule has 0 spiro atoms. The Morgan fingerprint density at radius 1 is 1.21 bits per heavy atom. The van der Waals surface area contributed by atoms with Gasteiger partial charge in [-0.1, -0.05) is 12.1 Å². The van der Waals surface area contributed by atoms with E-state index in [0.29, 0.717) is 5.56 Å². The highest BCUT2D eigenvalue weighted by atomic mass is 32.2. The maximum Gasteiger partial charge on any atom is 0.331 e. The van der Waals surface area contributed by atoms with Gasteiger partial charge in [0.25, 0.3) is 0 Å². The number of carbonyl (C=O) groups is 2. The van der Waals surface area contributed by atoms with Crippen LogP contribution in [0, 0.1) is 0 Å². The van der Waals surface area contributed by atoms with Crippen LogP contribution in [-0.4, -0.2) is 26.8 Å². The fourth-order valence-electron chi connectivity index (χ4n) is 1.29. The number of Topliss-reactive ketones (excluding diaryl/α,β-unsaturated/α-hetero) is 1. The third-order valence-corrected chi connectivity index (χ3v) is 3.68. The molecule has 0 aliphatic carbocycles. The van der Waals surface area contributed by atoms with Crippen LogP contribution in [0.2, 0.25) is 0 Å². The molecular weight excluding hydrogens is 268 g/mol. The van der Waals surface area contributed by atoms with Crippen molar-refractivity contribution in [2.24, 2.45) is 0 Å². The minimum Gasteiger partial charge on any atom is -0.463 e. The molecule has 0 unspecified atom stereocenters. The van der Waals surface area contributed by atoms with Gasteiger partial charge < -0.3 is 4.74 Å². The highest BCUT2D eigenvalue weighted by molar-refractivity contribution is 7.94. The van der Waals surface area contributed by atoms with Crippen LogP contribution >= 0.6 is 0 Å². The molecule has 0 saturated carbocycles. The highest BCUT2D eigenvalue weighted by Gasteiger charge is 2.11. The molecule has 0 radical (unpaired) electrons. The van der Waals surface area contributed by atoms with Crippen molar-refractivity contribution < 1.29 is 22.7 Å². The number of ether oxygens (including phenoxy) is 1. The SMILES string of the molecule is CCOC(=O)/C=C\S(=O)(=O)c1ccc(C(C)=O)cc1. The quantitative estimate of drug-likeness (QED) is 0.467. The van der Waals surface area contributed by atoms with Crippen LogP contribution in [0.3, 0.4) is 0 Å². The first-order valence-electron chi connectivity index (χ1n) is 5.57. The van der Waals surface area contributed by atoms with Crippen molar-refractivity contribution in [2.75, 3.05) is 6.61 Å². The molecule has 1 rings (SSSR count). The molecule has 5 nitrogen and oxygen atoms in total. The van der Waals surface area contributed by atoms with Gasteiger partial charge >= 0.3 is 5.97 Å². The van der Waals surface area contributed by atoms with Gasteiger partial charge in [-0.25, -0.2) is 13.2 Å². The summed E-state index contributed by atoms with van der Waals surface area (Å²) in [7, 11) is -3.71. The van der Waals surface area contributed by atoms with Gasteiger partial charge in [-0.05, 0) is 26.0 Å². The maximum absolute atomic E-state index is 11.8. The van der Waals surface area contributed by atoms with Crippen LogP contribution in [0.1, 0.15) is 24.2 Å². The Morgan fingerprint density at radius 3 is 2.26 bits per heavy atom. The zero-order valence-corrected chi connectivity index (χ0v) is 11.4. The molecule has 19 heavy (non-hydrogen) atoms. The Morgan fingerprint density at radius 2 is 1.79 bits per heavy atom. The Balaban J connectivity index is 2.94. The molecule has 0 aromatic heterocycles. The maximum atomic E-state index is 11.8. The molecule has 0 saturated heterocycles. The van der Waals surface area contributed by atoms with E-state index in [2.05, 4.69) is 4.74 Å². The molecule has 0 amide bonds. The fourth-order valence-corrected chi connectivity index (χ4v) is 2.26. The number of rotatable bonds is 5. The summed E-state index contributed by atoms with van der Waals surface area (Å²) < 4.78 is 28.3. The minimum absolute atomic E-state index is 0.0121. The number of carbonyl (C=O) groups excluding carboxylic acids is 2. The second kappa shape index (κ2) is 6.29. The Hall–Kier alpha value is -1.95. The average Bonchev–Trinajstić information content (AvgIpc) is 2.37. The van der Waals surface area contributed by atoms with E-state index in [1.807, 2.05) is 0 Å². The van der Waals surface area contributed by atoms with E-state index in [0.717, 1.165) is 11.5 Å². The second-order valence-corrected chi connectivity index (χ2v) is 5.51. The van der Waals surface area contributed by atoms with E-state index in [1.165, 1.54) is 31.2 Å². The van der Waals surface area contributed by atoms with E-state index in [9.17, 15) is 18.0 Å². The first-order valence-corrected chi connectivity index (χ1v) is 7.12. The van der Waals surface area contributed by atoms with E-state index in [-0.39, 0.29) is 17.3 Å². The summed E-state index contributed by atoms with van der Waals surface area (Å²) in [6.07, 6.45) is 0.859. The van der Waals surface area contributed by atoms with Crippen LogP contribution in [0.4, 0.5) is 0 Å². The van der Waals surface area contributed by atoms with Crippen LogP contribution < -0.4 is 0 Å². The molecule has 0 atom stereocenters. The lowest BCUT2D eigenvalue weighted by atomic mass is 10.2. The molecule has 0 N–H and O–H groups in total. The van der Waals surface area contributed by atoms with Crippen LogP contribution in [0.25, 0.3) is 0 Å². The van der Waals surface area contributed by atoms with Gasteiger partial charge in [0.2, 0.25) is 0 Å².